The lowest BCUT2D eigenvalue weighted by Crippen LogP contribution is -2.13. The molecule has 0 unspecified atom stereocenters. The Morgan fingerprint density at radius 1 is 1.19 bits per heavy atom. The van der Waals surface area contributed by atoms with Crippen LogP contribution in [0.2, 0.25) is 0 Å². The van der Waals surface area contributed by atoms with Crippen molar-refractivity contribution in [1.29, 1.82) is 0 Å². The number of thiazole rings is 1. The molecule has 0 spiro atoms. The maximum atomic E-state index is 11.9. The van der Waals surface area contributed by atoms with E-state index >= 15 is 0 Å². The van der Waals surface area contributed by atoms with Gasteiger partial charge in [-0.25, -0.2) is 4.98 Å². The van der Waals surface area contributed by atoms with Crippen LogP contribution in [0.3, 0.4) is 0 Å². The predicted octanol–water partition coefficient (Wildman–Crippen LogP) is 2.89. The van der Waals surface area contributed by atoms with Crippen molar-refractivity contribution in [1.82, 2.24) is 4.98 Å². The Morgan fingerprint density at radius 3 is 2.46 bits per heavy atom. The second-order valence-corrected chi connectivity index (χ2v) is 6.62. The van der Waals surface area contributed by atoms with Crippen molar-refractivity contribution in [3.63, 3.8) is 0 Å². The van der Waals surface area contributed by atoms with Crippen molar-refractivity contribution in [3.05, 3.63) is 34.7 Å². The van der Waals surface area contributed by atoms with Gasteiger partial charge in [-0.3, -0.25) is 14.4 Å². The fourth-order valence-corrected chi connectivity index (χ4v) is 3.28. The normalized spacial score (nSPS) is 10.4. The predicted molar refractivity (Wildman–Crippen MR) is 98.1 cm³/mol. The van der Waals surface area contributed by atoms with Gasteiger partial charge in [0.05, 0.1) is 25.6 Å². The molecule has 2 aromatic rings. The molecule has 138 valence electrons. The Balaban J connectivity index is 2.20. The number of carbonyl (C=O) groups excluding carboxylic acids is 2. The van der Waals surface area contributed by atoms with Gasteiger partial charge in [0.2, 0.25) is 5.91 Å². The first kappa shape index (κ1) is 19.6. The lowest BCUT2D eigenvalue weighted by atomic mass is 10.1. The Hall–Kier alpha value is -2.74. The molecule has 2 N–H and O–H groups in total. The molecule has 0 aliphatic heterocycles. The number of amides is 1. The summed E-state index contributed by atoms with van der Waals surface area (Å²) in [4.78, 5) is 39.1. The molecule has 1 amide bonds. The summed E-state index contributed by atoms with van der Waals surface area (Å²) >= 11 is 1.12. The van der Waals surface area contributed by atoms with Gasteiger partial charge in [-0.2, -0.15) is 0 Å². The van der Waals surface area contributed by atoms with Gasteiger partial charge in [0.1, 0.15) is 0 Å². The summed E-state index contributed by atoms with van der Waals surface area (Å²) in [5.74, 6) is -1.81. The highest BCUT2D eigenvalue weighted by atomic mass is 32.1. The third kappa shape index (κ3) is 5.38. The van der Waals surface area contributed by atoms with Gasteiger partial charge in [0, 0.05) is 16.9 Å². The molecule has 1 aromatic carbocycles. The summed E-state index contributed by atoms with van der Waals surface area (Å²) in [6.45, 7) is 2.05. The van der Waals surface area contributed by atoms with E-state index in [0.717, 1.165) is 23.3 Å². The minimum absolute atomic E-state index is 0.0267. The quantitative estimate of drug-likeness (QED) is 0.686. The molecular formula is C18H20N2O5S. The fraction of sp³-hybridized carbons (Fsp3) is 0.333. The summed E-state index contributed by atoms with van der Waals surface area (Å²) in [5.41, 5.74) is 2.51. The molecule has 2 rings (SSSR count). The van der Waals surface area contributed by atoms with E-state index in [4.69, 9.17) is 5.11 Å². The molecule has 1 heterocycles. The number of nitrogens with zero attached hydrogens (tertiary/aromatic N) is 1. The molecule has 0 atom stereocenters. The van der Waals surface area contributed by atoms with Crippen LogP contribution in [0.4, 0.5) is 5.13 Å². The molecule has 0 saturated heterocycles. The third-order valence-electron chi connectivity index (χ3n) is 3.67. The van der Waals surface area contributed by atoms with Crippen LogP contribution in [0.25, 0.3) is 11.3 Å². The van der Waals surface area contributed by atoms with E-state index in [2.05, 4.69) is 22.0 Å². The van der Waals surface area contributed by atoms with E-state index in [1.807, 2.05) is 24.3 Å². The van der Waals surface area contributed by atoms with Crippen molar-refractivity contribution in [2.24, 2.45) is 0 Å². The number of rotatable bonds is 8. The highest BCUT2D eigenvalue weighted by Crippen LogP contribution is 2.32. The highest BCUT2D eigenvalue weighted by Gasteiger charge is 2.17. The number of hydrogen-bond donors (Lipinski definition) is 2. The van der Waals surface area contributed by atoms with Crippen molar-refractivity contribution < 1.29 is 24.2 Å². The fourth-order valence-electron chi connectivity index (χ4n) is 2.29. The Morgan fingerprint density at radius 2 is 1.88 bits per heavy atom. The first-order valence-electron chi connectivity index (χ1n) is 8.10. The van der Waals surface area contributed by atoms with Gasteiger partial charge in [-0.15, -0.1) is 11.3 Å². The number of hydrogen-bond acceptors (Lipinski definition) is 6. The topological polar surface area (TPSA) is 106 Å². The van der Waals surface area contributed by atoms with Crippen LogP contribution in [0.15, 0.2) is 24.3 Å². The number of benzene rings is 1. The van der Waals surface area contributed by atoms with Crippen molar-refractivity contribution in [3.8, 4) is 11.3 Å². The minimum atomic E-state index is -0.969. The number of carbonyl (C=O) groups is 3. The van der Waals surface area contributed by atoms with Crippen molar-refractivity contribution >= 4 is 34.3 Å². The van der Waals surface area contributed by atoms with Gasteiger partial charge in [0.15, 0.2) is 5.13 Å². The number of carboxylic acids is 1. The largest absolute Gasteiger partial charge is 0.481 e. The van der Waals surface area contributed by atoms with Crippen LogP contribution in [0.5, 0.6) is 0 Å². The van der Waals surface area contributed by atoms with E-state index in [-0.39, 0.29) is 25.2 Å². The molecule has 0 fully saturated rings. The second kappa shape index (κ2) is 9.10. The second-order valence-electron chi connectivity index (χ2n) is 5.54. The molecule has 0 aliphatic carbocycles. The van der Waals surface area contributed by atoms with E-state index in [1.165, 1.54) is 12.7 Å². The first-order chi connectivity index (χ1) is 12.4. The van der Waals surface area contributed by atoms with Crippen LogP contribution in [0.1, 0.15) is 30.2 Å². The maximum Gasteiger partial charge on any atom is 0.308 e. The maximum absolute atomic E-state index is 11.9. The Bertz CT molecular complexity index is 798. The van der Waals surface area contributed by atoms with Crippen LogP contribution in [-0.4, -0.2) is 35.0 Å². The monoisotopic (exact) mass is 376 g/mol. The smallest absolute Gasteiger partial charge is 0.308 e. The van der Waals surface area contributed by atoms with E-state index in [1.54, 1.807) is 0 Å². The lowest BCUT2D eigenvalue weighted by molar-refractivity contribution is -0.141. The van der Waals surface area contributed by atoms with Crippen molar-refractivity contribution in [2.45, 2.75) is 32.6 Å². The first-order valence-corrected chi connectivity index (χ1v) is 8.92. The highest BCUT2D eigenvalue weighted by molar-refractivity contribution is 7.16. The number of esters is 1. The van der Waals surface area contributed by atoms with Gasteiger partial charge in [-0.1, -0.05) is 31.2 Å². The number of nitrogens with one attached hydrogen (secondary N) is 1. The van der Waals surface area contributed by atoms with E-state index < -0.39 is 11.9 Å². The number of aromatic nitrogens is 1. The average Bonchev–Trinajstić information content (AvgIpc) is 3.01. The summed E-state index contributed by atoms with van der Waals surface area (Å²) in [7, 11) is 1.26. The molecule has 7 nitrogen and oxygen atoms in total. The molecule has 0 radical (unpaired) electrons. The zero-order chi connectivity index (χ0) is 19.1. The average molecular weight is 376 g/mol. The number of anilines is 1. The summed E-state index contributed by atoms with van der Waals surface area (Å²) in [5, 5.41) is 12.1. The Labute approximate surface area is 155 Å². The number of methoxy groups -OCH3 is 1. The lowest BCUT2D eigenvalue weighted by Gasteiger charge is -2.02. The zero-order valence-electron chi connectivity index (χ0n) is 14.6. The van der Waals surface area contributed by atoms with Crippen LogP contribution in [0, 0.1) is 0 Å². The standard InChI is InChI=1S/C18H20N2O5S/c1-3-11-4-6-12(7-5-11)17-13(10-15(22)23)26-18(20-17)19-14(21)8-9-16(24)25-2/h4-7H,3,8-10H2,1-2H3,(H,22,23)(H,19,20,21). The third-order valence-corrected chi connectivity index (χ3v) is 4.65. The van der Waals surface area contributed by atoms with Gasteiger partial charge in [-0.05, 0) is 12.0 Å². The van der Waals surface area contributed by atoms with Crippen LogP contribution < -0.4 is 5.32 Å². The summed E-state index contributed by atoms with van der Waals surface area (Å²) in [6.07, 6.45) is 0.670. The number of aryl methyl sites for hydroxylation is 1. The molecular weight excluding hydrogens is 356 g/mol. The number of ether oxygens (including phenoxy) is 1. The molecule has 0 aliphatic rings. The zero-order valence-corrected chi connectivity index (χ0v) is 15.4. The summed E-state index contributed by atoms with van der Waals surface area (Å²) in [6, 6.07) is 7.71. The van der Waals surface area contributed by atoms with Crippen molar-refractivity contribution in [2.75, 3.05) is 12.4 Å². The van der Waals surface area contributed by atoms with Gasteiger partial charge >= 0.3 is 11.9 Å². The number of carboxylic acid groups (broad SMARTS) is 1. The molecule has 0 saturated carbocycles. The van der Waals surface area contributed by atoms with Gasteiger partial charge in [0.25, 0.3) is 0 Å². The van der Waals surface area contributed by atoms with E-state index in [0.29, 0.717) is 15.7 Å². The van der Waals surface area contributed by atoms with Crippen LogP contribution in [-0.2, 0) is 32.0 Å². The SMILES string of the molecule is CCc1ccc(-c2nc(NC(=O)CCC(=O)OC)sc2CC(=O)O)cc1. The molecule has 26 heavy (non-hydrogen) atoms. The van der Waals surface area contributed by atoms with Gasteiger partial charge < -0.3 is 15.2 Å². The van der Waals surface area contributed by atoms with E-state index in [9.17, 15) is 14.4 Å². The minimum Gasteiger partial charge on any atom is -0.481 e. The molecule has 0 bridgehead atoms. The molecule has 1 aromatic heterocycles. The van der Waals surface area contributed by atoms with Crippen LogP contribution >= 0.6 is 11.3 Å². The molecule has 8 heteroatoms. The number of aliphatic carboxylic acids is 1. The Kier molecular flexibility index (Phi) is 6.85. The summed E-state index contributed by atoms with van der Waals surface area (Å²) < 4.78 is 4.50.